The number of aromatic nitrogens is 2. The average molecular weight is 453 g/mol. The summed E-state index contributed by atoms with van der Waals surface area (Å²) in [4.78, 5) is 0. The summed E-state index contributed by atoms with van der Waals surface area (Å²) in [5.41, 5.74) is -4.39. The number of rotatable bonds is 2. The molecule has 3 nitrogen and oxygen atoms in total. The molecule has 0 radical (unpaired) electrons. The lowest BCUT2D eigenvalue weighted by molar-refractivity contribution is 1.09. The molecule has 2 aromatic heterocycles. The monoisotopic (exact) mass is 452 g/mol. The molecule has 0 unspecified atom stereocenters. The van der Waals surface area contributed by atoms with Gasteiger partial charge in [0, 0.05) is 21.5 Å². The zero-order chi connectivity index (χ0) is 39.2. The normalized spacial score (nSPS) is 19.3. The molecule has 0 fully saturated rings. The van der Waals surface area contributed by atoms with E-state index in [1.54, 1.807) is 6.07 Å². The van der Waals surface area contributed by atoms with Crippen LogP contribution in [0.25, 0.3) is 55.0 Å². The van der Waals surface area contributed by atoms with Crippen molar-refractivity contribution in [3.05, 3.63) is 120 Å². The predicted octanol–water partition coefficient (Wildman–Crippen LogP) is 7.75. The number of hydrogen-bond donors (Lipinski definition) is 0. The number of hydrogen-bond acceptors (Lipinski definition) is 1. The third kappa shape index (κ3) is 2.51. The Bertz CT molecular complexity index is 2800. The van der Waals surface area contributed by atoms with E-state index in [-0.39, 0.29) is 0 Å². The van der Waals surface area contributed by atoms with E-state index in [0.717, 1.165) is 9.13 Å². The van der Waals surface area contributed by atoms with E-state index in [9.17, 15) is 8.00 Å². The predicted molar refractivity (Wildman–Crippen MR) is 140 cm³/mol. The Hall–Kier alpha value is -4.81. The van der Waals surface area contributed by atoms with Crippen LogP contribution >= 0.6 is 0 Å². The molecule has 2 heterocycles. The van der Waals surface area contributed by atoms with Crippen LogP contribution in [0.1, 0.15) is 31.6 Å². The molecule has 0 N–H and O–H groups in total. The van der Waals surface area contributed by atoms with Crippen LogP contribution in [0.2, 0.25) is 0 Å². The number of nitrogens with zero attached hydrogens (tertiary/aromatic N) is 3. The van der Waals surface area contributed by atoms with Gasteiger partial charge in [0.25, 0.3) is 0 Å². The molecule has 0 bridgehead atoms. The Balaban J connectivity index is 1.94. The largest absolute Gasteiger partial charge is 0.307 e. The van der Waals surface area contributed by atoms with Gasteiger partial charge in [-0.15, -0.1) is 0 Å². The van der Waals surface area contributed by atoms with E-state index in [0.29, 0.717) is 0 Å². The molecule has 0 saturated heterocycles. The molecule has 5 aromatic carbocycles. The van der Waals surface area contributed by atoms with Crippen molar-refractivity contribution in [2.24, 2.45) is 0 Å². The van der Waals surface area contributed by atoms with Gasteiger partial charge in [0.05, 0.1) is 71.1 Å². The van der Waals surface area contributed by atoms with Crippen molar-refractivity contribution in [3.8, 4) is 17.4 Å². The highest BCUT2D eigenvalue weighted by Crippen LogP contribution is 2.38. The van der Waals surface area contributed by atoms with Crippen LogP contribution in [-0.2, 0) is 0 Å². The number of nitriles is 1. The van der Waals surface area contributed by atoms with Gasteiger partial charge in [-0.25, -0.2) is 0 Å². The number of benzene rings is 5. The first-order valence-corrected chi connectivity index (χ1v) is 9.82. The average Bonchev–Trinajstić information content (AvgIpc) is 3.67. The minimum absolute atomic E-state index is 0.433. The van der Waals surface area contributed by atoms with Gasteiger partial charge in [-0.1, -0.05) is 72.5 Å². The van der Waals surface area contributed by atoms with Crippen molar-refractivity contribution in [1.82, 2.24) is 9.13 Å². The van der Waals surface area contributed by atoms with Crippen LogP contribution in [0.5, 0.6) is 0 Å². The lowest BCUT2D eigenvalue weighted by Crippen LogP contribution is -2.04. The smallest absolute Gasteiger partial charge is 0.0992 e. The minimum atomic E-state index is -0.942. The van der Waals surface area contributed by atoms with Gasteiger partial charge in [0.2, 0.25) is 0 Å². The highest BCUT2D eigenvalue weighted by Gasteiger charge is 2.19. The van der Waals surface area contributed by atoms with E-state index in [4.69, 9.17) is 23.3 Å². The molecule has 0 aliphatic carbocycles. The fourth-order valence-electron chi connectivity index (χ4n) is 4.06. The van der Waals surface area contributed by atoms with E-state index in [2.05, 4.69) is 0 Å². The first kappa shape index (κ1) is 7.90. The Morgan fingerprint density at radius 1 is 0.500 bits per heavy atom. The second-order valence-corrected chi connectivity index (χ2v) is 7.12. The van der Waals surface area contributed by atoms with Crippen LogP contribution < -0.4 is 0 Å². The topological polar surface area (TPSA) is 33.6 Å². The lowest BCUT2D eigenvalue weighted by Gasteiger charge is -2.17. The van der Waals surface area contributed by atoms with Gasteiger partial charge in [0.15, 0.2) is 0 Å². The van der Waals surface area contributed by atoms with Crippen LogP contribution in [0.3, 0.4) is 0 Å². The van der Waals surface area contributed by atoms with Crippen LogP contribution in [0, 0.1) is 11.3 Å². The highest BCUT2D eigenvalue weighted by atomic mass is 15.1. The quantitative estimate of drug-likeness (QED) is 0.264. The van der Waals surface area contributed by atoms with Gasteiger partial charge in [-0.2, -0.15) is 5.26 Å². The summed E-state index contributed by atoms with van der Waals surface area (Å²) in [6, 6.07) is -13.8. The lowest BCUT2D eigenvalue weighted by atomic mass is 10.1. The molecule has 7 aromatic rings. The Kier molecular flexibility index (Phi) is 1.65. The third-order valence-corrected chi connectivity index (χ3v) is 5.40. The van der Waals surface area contributed by atoms with Crippen molar-refractivity contribution >= 4 is 43.6 Å². The number of fused-ring (bicyclic) bond motifs is 6. The second-order valence-electron chi connectivity index (χ2n) is 7.12. The summed E-state index contributed by atoms with van der Waals surface area (Å²) in [6.45, 7) is 0. The van der Waals surface area contributed by atoms with Crippen LogP contribution in [0.4, 0.5) is 0 Å². The first-order valence-electron chi connectivity index (χ1n) is 19.3. The van der Waals surface area contributed by atoms with Gasteiger partial charge >= 0.3 is 0 Å². The maximum atomic E-state index is 10.2. The SMILES string of the molecule is [2H]c1c([2H])c(-n2c3c([2H])c([2H])c([2H])c([2H])c3c3c([2H])c([2H])c([2H])c([2H])c32)c(-n2c3c([2H])c([2H])c([2H])c([2H])c3c3c([2H])c([2H])c([2H])c([2H])c32)c([2H])c1C#N. The van der Waals surface area contributed by atoms with Crippen molar-refractivity contribution < 1.29 is 26.0 Å². The molecule has 0 atom stereocenters. The van der Waals surface area contributed by atoms with Gasteiger partial charge in [-0.3, -0.25) is 0 Å². The van der Waals surface area contributed by atoms with E-state index < -0.39 is 175 Å². The first-order chi connectivity index (χ1) is 24.8. The second kappa shape index (κ2) is 7.10. The van der Waals surface area contributed by atoms with Gasteiger partial charge < -0.3 is 9.13 Å². The molecule has 0 spiro atoms. The summed E-state index contributed by atoms with van der Waals surface area (Å²) >= 11 is 0. The molecule has 0 amide bonds. The Morgan fingerprint density at radius 2 is 0.882 bits per heavy atom. The zero-order valence-corrected chi connectivity index (χ0v) is 16.8. The summed E-state index contributed by atoms with van der Waals surface area (Å²) in [5, 5.41) is 8.42. The van der Waals surface area contributed by atoms with Crippen molar-refractivity contribution in [2.75, 3.05) is 0 Å². The maximum Gasteiger partial charge on any atom is 0.0992 e. The minimum Gasteiger partial charge on any atom is -0.307 e. The molecule has 0 saturated carbocycles. The van der Waals surface area contributed by atoms with Gasteiger partial charge in [-0.05, 0) is 42.3 Å². The van der Waals surface area contributed by atoms with Crippen LogP contribution in [0.15, 0.2) is 115 Å². The summed E-state index contributed by atoms with van der Waals surface area (Å²) < 4.78 is 167. The highest BCUT2D eigenvalue weighted by molar-refractivity contribution is 6.11. The van der Waals surface area contributed by atoms with E-state index >= 15 is 0 Å². The summed E-state index contributed by atoms with van der Waals surface area (Å²) in [6.07, 6.45) is 0. The molecular formula is C31H19N3. The maximum absolute atomic E-state index is 10.2. The molecule has 0 aliphatic rings. The van der Waals surface area contributed by atoms with Crippen molar-refractivity contribution in [2.45, 2.75) is 0 Å². The van der Waals surface area contributed by atoms with Crippen molar-refractivity contribution in [3.63, 3.8) is 0 Å². The molecule has 3 heteroatoms. The standard InChI is InChI=1S/C31H19N3/c32-20-21-17-18-30(33-26-13-5-1-9-22(26)23-10-2-6-14-27(23)33)31(19-21)34-28-15-7-3-11-24(28)25-12-4-8-16-29(25)34/h1-19H/i1D,2D,3D,4D,5D,6D,7D,8D,9D,10D,11D,12D,13D,14D,15D,16D,17D,18D,19D. The molecule has 158 valence electrons. The zero-order valence-electron chi connectivity index (χ0n) is 35.8. The fraction of sp³-hybridized carbons (Fsp3) is 0. The molecule has 0 aliphatic heterocycles. The molecular weight excluding hydrogens is 414 g/mol. The third-order valence-electron chi connectivity index (χ3n) is 5.40. The Labute approximate surface area is 223 Å². The number of para-hydroxylation sites is 4. The molecule has 34 heavy (non-hydrogen) atoms. The Morgan fingerprint density at radius 3 is 1.29 bits per heavy atom. The van der Waals surface area contributed by atoms with Crippen LogP contribution in [-0.4, -0.2) is 9.13 Å². The fourth-order valence-corrected chi connectivity index (χ4v) is 4.06. The van der Waals surface area contributed by atoms with Gasteiger partial charge in [0.1, 0.15) is 0 Å². The van der Waals surface area contributed by atoms with E-state index in [1.807, 2.05) is 0 Å². The summed E-state index contributed by atoms with van der Waals surface area (Å²) in [7, 11) is 0. The summed E-state index contributed by atoms with van der Waals surface area (Å²) in [5.74, 6) is 0. The molecule has 7 rings (SSSR count). The van der Waals surface area contributed by atoms with E-state index in [1.165, 1.54) is 0 Å². The van der Waals surface area contributed by atoms with Crippen molar-refractivity contribution in [1.29, 1.82) is 5.26 Å².